The molecule has 1 nitrogen and oxygen atoms in total. The highest BCUT2D eigenvalue weighted by atomic mass is 16.5. The van der Waals surface area contributed by atoms with E-state index < -0.39 is 0 Å². The summed E-state index contributed by atoms with van der Waals surface area (Å²) in [5.74, 6) is 2.14. The van der Waals surface area contributed by atoms with Crippen LogP contribution in [0, 0.1) is 17.8 Å². The minimum Gasteiger partial charge on any atom is -0.381 e. The van der Waals surface area contributed by atoms with E-state index in [1.165, 1.54) is 24.8 Å². The first-order valence-corrected chi connectivity index (χ1v) is 5.90. The van der Waals surface area contributed by atoms with Crippen LogP contribution >= 0.6 is 0 Å². The molecule has 82 valence electrons. The molecule has 1 heteroatoms. The van der Waals surface area contributed by atoms with Crippen molar-refractivity contribution in [2.75, 3.05) is 13.2 Å². The Bertz CT molecular complexity index is 186. The van der Waals surface area contributed by atoms with E-state index in [2.05, 4.69) is 27.4 Å². The molecule has 0 aromatic heterocycles. The molecule has 1 fully saturated rings. The van der Waals surface area contributed by atoms with Gasteiger partial charge in [0.15, 0.2) is 0 Å². The summed E-state index contributed by atoms with van der Waals surface area (Å²) in [7, 11) is 0. The monoisotopic (exact) mass is 196 g/mol. The lowest BCUT2D eigenvalue weighted by Gasteiger charge is -2.17. The molecule has 1 rings (SSSR count). The van der Waals surface area contributed by atoms with Gasteiger partial charge in [-0.15, -0.1) is 0 Å². The van der Waals surface area contributed by atoms with Crippen LogP contribution < -0.4 is 0 Å². The van der Waals surface area contributed by atoms with E-state index in [0.29, 0.717) is 11.8 Å². The second-order valence-corrected chi connectivity index (χ2v) is 4.83. The standard InChI is InChI=1S/C13H24O/c1-5-10(2)6-7-11(3)13-9-14-8-12(13)4/h10,12-13H,3,5-9H2,1-2,4H3. The molecule has 0 saturated carbocycles. The zero-order chi connectivity index (χ0) is 10.6. The summed E-state index contributed by atoms with van der Waals surface area (Å²) in [6, 6.07) is 0. The van der Waals surface area contributed by atoms with E-state index in [1.54, 1.807) is 0 Å². The minimum absolute atomic E-state index is 0.624. The summed E-state index contributed by atoms with van der Waals surface area (Å²) in [6.07, 6.45) is 3.76. The molecule has 0 aliphatic carbocycles. The zero-order valence-electron chi connectivity index (χ0n) is 9.88. The summed E-state index contributed by atoms with van der Waals surface area (Å²) < 4.78 is 5.46. The van der Waals surface area contributed by atoms with Crippen LogP contribution in [0.2, 0.25) is 0 Å². The maximum atomic E-state index is 5.46. The van der Waals surface area contributed by atoms with Crippen LogP contribution in [0.4, 0.5) is 0 Å². The Labute approximate surface area is 88.5 Å². The molecule has 0 spiro atoms. The number of hydrogen-bond acceptors (Lipinski definition) is 1. The highest BCUT2D eigenvalue weighted by molar-refractivity contribution is 5.04. The Hall–Kier alpha value is -0.300. The van der Waals surface area contributed by atoms with Gasteiger partial charge < -0.3 is 4.74 Å². The van der Waals surface area contributed by atoms with Crippen LogP contribution in [-0.2, 0) is 4.74 Å². The summed E-state index contributed by atoms with van der Waals surface area (Å²) in [5, 5.41) is 0. The van der Waals surface area contributed by atoms with Gasteiger partial charge in [0.05, 0.1) is 6.61 Å². The first-order valence-electron chi connectivity index (χ1n) is 5.90. The Morgan fingerprint density at radius 2 is 2.21 bits per heavy atom. The first kappa shape index (κ1) is 11.8. The minimum atomic E-state index is 0.624. The fraction of sp³-hybridized carbons (Fsp3) is 0.846. The largest absolute Gasteiger partial charge is 0.381 e. The van der Waals surface area contributed by atoms with E-state index in [-0.39, 0.29) is 0 Å². The van der Waals surface area contributed by atoms with E-state index in [9.17, 15) is 0 Å². The van der Waals surface area contributed by atoms with Crippen LogP contribution in [0.1, 0.15) is 40.0 Å². The molecule has 0 N–H and O–H groups in total. The molecule has 1 aliphatic rings. The summed E-state index contributed by atoms with van der Waals surface area (Å²) in [4.78, 5) is 0. The van der Waals surface area contributed by atoms with Crippen molar-refractivity contribution < 1.29 is 4.74 Å². The molecule has 1 heterocycles. The van der Waals surface area contributed by atoms with Gasteiger partial charge in [-0.2, -0.15) is 0 Å². The Balaban J connectivity index is 2.27. The van der Waals surface area contributed by atoms with Crippen LogP contribution in [0.3, 0.4) is 0 Å². The lowest BCUT2D eigenvalue weighted by atomic mass is 9.86. The van der Waals surface area contributed by atoms with Crippen molar-refractivity contribution in [3.8, 4) is 0 Å². The second-order valence-electron chi connectivity index (χ2n) is 4.83. The topological polar surface area (TPSA) is 9.23 Å². The quantitative estimate of drug-likeness (QED) is 0.610. The van der Waals surface area contributed by atoms with E-state index in [1.807, 2.05) is 0 Å². The van der Waals surface area contributed by atoms with E-state index in [0.717, 1.165) is 19.1 Å². The van der Waals surface area contributed by atoms with Crippen LogP contribution in [0.5, 0.6) is 0 Å². The smallest absolute Gasteiger partial charge is 0.0534 e. The van der Waals surface area contributed by atoms with Gasteiger partial charge in [-0.3, -0.25) is 0 Å². The maximum absolute atomic E-state index is 5.46. The van der Waals surface area contributed by atoms with Crippen molar-refractivity contribution in [1.82, 2.24) is 0 Å². The summed E-state index contributed by atoms with van der Waals surface area (Å²) in [5.41, 5.74) is 1.41. The Morgan fingerprint density at radius 3 is 2.71 bits per heavy atom. The van der Waals surface area contributed by atoms with Gasteiger partial charge >= 0.3 is 0 Å². The van der Waals surface area contributed by atoms with Crippen molar-refractivity contribution in [2.24, 2.45) is 17.8 Å². The Morgan fingerprint density at radius 1 is 1.50 bits per heavy atom. The molecule has 0 bridgehead atoms. The SMILES string of the molecule is C=C(CCC(C)CC)C1COCC1C. The molecule has 3 unspecified atom stereocenters. The van der Waals surface area contributed by atoms with Crippen molar-refractivity contribution in [2.45, 2.75) is 40.0 Å². The number of ether oxygens (including phenoxy) is 1. The molecule has 0 aromatic rings. The second kappa shape index (κ2) is 5.55. The van der Waals surface area contributed by atoms with E-state index >= 15 is 0 Å². The van der Waals surface area contributed by atoms with Gasteiger partial charge in [-0.25, -0.2) is 0 Å². The fourth-order valence-electron chi connectivity index (χ4n) is 2.00. The maximum Gasteiger partial charge on any atom is 0.0534 e. The number of rotatable bonds is 5. The zero-order valence-corrected chi connectivity index (χ0v) is 9.88. The molecule has 14 heavy (non-hydrogen) atoms. The molecule has 1 saturated heterocycles. The third-order valence-electron chi connectivity index (χ3n) is 3.54. The van der Waals surface area contributed by atoms with Gasteiger partial charge in [-0.05, 0) is 24.7 Å². The highest BCUT2D eigenvalue weighted by Gasteiger charge is 2.26. The fourth-order valence-corrected chi connectivity index (χ4v) is 2.00. The summed E-state index contributed by atoms with van der Waals surface area (Å²) >= 11 is 0. The lowest BCUT2D eigenvalue weighted by molar-refractivity contribution is 0.184. The highest BCUT2D eigenvalue weighted by Crippen LogP contribution is 2.29. The van der Waals surface area contributed by atoms with Gasteiger partial charge in [0.2, 0.25) is 0 Å². The normalized spacial score (nSPS) is 29.1. The average Bonchev–Trinajstić information content (AvgIpc) is 2.60. The molecule has 0 amide bonds. The molecule has 1 aliphatic heterocycles. The van der Waals surface area contributed by atoms with Crippen LogP contribution in [0.25, 0.3) is 0 Å². The van der Waals surface area contributed by atoms with Crippen molar-refractivity contribution >= 4 is 0 Å². The van der Waals surface area contributed by atoms with Gasteiger partial charge in [0.1, 0.15) is 0 Å². The van der Waals surface area contributed by atoms with Crippen LogP contribution in [0.15, 0.2) is 12.2 Å². The van der Waals surface area contributed by atoms with E-state index in [4.69, 9.17) is 4.74 Å². The van der Waals surface area contributed by atoms with Crippen LogP contribution in [-0.4, -0.2) is 13.2 Å². The number of hydrogen-bond donors (Lipinski definition) is 0. The van der Waals surface area contributed by atoms with Crippen molar-refractivity contribution in [1.29, 1.82) is 0 Å². The predicted molar refractivity (Wildman–Crippen MR) is 61.3 cm³/mol. The van der Waals surface area contributed by atoms with Gasteiger partial charge in [0, 0.05) is 12.5 Å². The first-order chi connectivity index (χ1) is 6.65. The predicted octanol–water partition coefficient (Wildman–Crippen LogP) is 3.65. The third-order valence-corrected chi connectivity index (χ3v) is 3.54. The van der Waals surface area contributed by atoms with Crippen molar-refractivity contribution in [3.05, 3.63) is 12.2 Å². The molecule has 0 aromatic carbocycles. The van der Waals surface area contributed by atoms with Gasteiger partial charge in [-0.1, -0.05) is 39.3 Å². The average molecular weight is 196 g/mol. The molecule has 3 atom stereocenters. The molecule has 0 radical (unpaired) electrons. The Kier molecular flexibility index (Phi) is 4.67. The lowest BCUT2D eigenvalue weighted by Crippen LogP contribution is -2.11. The third kappa shape index (κ3) is 3.13. The van der Waals surface area contributed by atoms with Crippen molar-refractivity contribution in [3.63, 3.8) is 0 Å². The molecular weight excluding hydrogens is 172 g/mol. The van der Waals surface area contributed by atoms with Gasteiger partial charge in [0.25, 0.3) is 0 Å². The molecular formula is C13H24O. The summed E-state index contributed by atoms with van der Waals surface area (Å²) in [6.45, 7) is 12.9.